The predicted molar refractivity (Wildman–Crippen MR) is 116 cm³/mol. The van der Waals surface area contributed by atoms with Gasteiger partial charge in [0.2, 0.25) is 10.0 Å². The number of fused-ring (bicyclic) bond motifs is 1. The van der Waals surface area contributed by atoms with E-state index >= 15 is 0 Å². The monoisotopic (exact) mass is 442 g/mol. The predicted octanol–water partition coefficient (Wildman–Crippen LogP) is 3.54. The Morgan fingerprint density at radius 2 is 1.53 bits per heavy atom. The summed E-state index contributed by atoms with van der Waals surface area (Å²) in [4.78, 5) is 0.443. The van der Waals surface area contributed by atoms with Crippen molar-refractivity contribution in [1.29, 1.82) is 0 Å². The molecule has 30 heavy (non-hydrogen) atoms. The highest BCUT2D eigenvalue weighted by Gasteiger charge is 2.28. The van der Waals surface area contributed by atoms with Crippen molar-refractivity contribution < 1.29 is 16.8 Å². The number of benzene rings is 3. The normalized spacial score (nSPS) is 14.8. The Labute approximate surface area is 177 Å². The molecule has 4 rings (SSSR count). The van der Waals surface area contributed by atoms with Gasteiger partial charge >= 0.3 is 0 Å². The maximum absolute atomic E-state index is 12.9. The van der Waals surface area contributed by atoms with Crippen LogP contribution < -0.4 is 4.72 Å². The first-order chi connectivity index (χ1) is 14.3. The fourth-order valence-electron chi connectivity index (χ4n) is 3.54. The topological polar surface area (TPSA) is 83.6 Å². The smallest absolute Gasteiger partial charge is 0.261 e. The number of aryl methyl sites for hydroxylation is 1. The number of rotatable bonds is 5. The van der Waals surface area contributed by atoms with E-state index in [9.17, 15) is 16.8 Å². The zero-order valence-electron chi connectivity index (χ0n) is 16.4. The van der Waals surface area contributed by atoms with Crippen molar-refractivity contribution in [2.75, 3.05) is 11.3 Å². The van der Waals surface area contributed by atoms with Crippen LogP contribution in [0.25, 0.3) is 0 Å². The number of nitrogens with zero attached hydrogens (tertiary/aromatic N) is 1. The first-order valence-electron chi connectivity index (χ1n) is 9.52. The zero-order valence-corrected chi connectivity index (χ0v) is 18.1. The highest BCUT2D eigenvalue weighted by atomic mass is 32.2. The van der Waals surface area contributed by atoms with E-state index in [0.717, 1.165) is 16.7 Å². The Morgan fingerprint density at radius 1 is 0.800 bits per heavy atom. The molecule has 8 heteroatoms. The second kappa shape index (κ2) is 7.86. The summed E-state index contributed by atoms with van der Waals surface area (Å²) in [6.07, 6.45) is 0.576. The molecule has 0 saturated heterocycles. The largest absolute Gasteiger partial charge is 0.280 e. The summed E-state index contributed by atoms with van der Waals surface area (Å²) < 4.78 is 55.3. The summed E-state index contributed by atoms with van der Waals surface area (Å²) in [5.41, 5.74) is 3.08. The average molecular weight is 443 g/mol. The summed E-state index contributed by atoms with van der Waals surface area (Å²) >= 11 is 0. The molecular formula is C22H22N2O4S2. The highest BCUT2D eigenvalue weighted by molar-refractivity contribution is 7.92. The summed E-state index contributed by atoms with van der Waals surface area (Å²) in [6, 6.07) is 20.3. The molecule has 0 bridgehead atoms. The van der Waals surface area contributed by atoms with Crippen LogP contribution in [0.3, 0.4) is 0 Å². The lowest BCUT2D eigenvalue weighted by Gasteiger charge is -2.28. The van der Waals surface area contributed by atoms with Gasteiger partial charge in [0, 0.05) is 18.8 Å². The van der Waals surface area contributed by atoms with Crippen LogP contribution >= 0.6 is 0 Å². The van der Waals surface area contributed by atoms with E-state index in [0.29, 0.717) is 18.7 Å². The molecular weight excluding hydrogens is 420 g/mol. The molecule has 1 heterocycles. The lowest BCUT2D eigenvalue weighted by molar-refractivity contribution is 0.391. The van der Waals surface area contributed by atoms with Crippen LogP contribution in [-0.2, 0) is 33.0 Å². The molecule has 0 aromatic heterocycles. The number of hydrogen-bond donors (Lipinski definition) is 1. The molecule has 1 aliphatic heterocycles. The summed E-state index contributed by atoms with van der Waals surface area (Å²) in [7, 11) is -7.33. The van der Waals surface area contributed by atoms with E-state index in [1.165, 1.54) is 4.31 Å². The first-order valence-corrected chi connectivity index (χ1v) is 12.4. The maximum Gasteiger partial charge on any atom is 0.261 e. The van der Waals surface area contributed by atoms with Crippen molar-refractivity contribution in [3.63, 3.8) is 0 Å². The van der Waals surface area contributed by atoms with Crippen LogP contribution in [0, 0.1) is 6.92 Å². The van der Waals surface area contributed by atoms with Crippen molar-refractivity contribution >= 4 is 25.7 Å². The average Bonchev–Trinajstić information content (AvgIpc) is 2.73. The molecule has 1 aliphatic rings. The van der Waals surface area contributed by atoms with Crippen molar-refractivity contribution in [2.45, 2.75) is 29.7 Å². The number of hydrogen-bond acceptors (Lipinski definition) is 4. The van der Waals surface area contributed by atoms with Gasteiger partial charge in [0.05, 0.1) is 9.79 Å². The zero-order chi connectivity index (χ0) is 21.4. The van der Waals surface area contributed by atoms with Crippen LogP contribution in [-0.4, -0.2) is 27.7 Å². The van der Waals surface area contributed by atoms with E-state index in [1.54, 1.807) is 60.7 Å². The van der Waals surface area contributed by atoms with Crippen LogP contribution in [0.5, 0.6) is 0 Å². The third-order valence-corrected chi connectivity index (χ3v) is 8.35. The van der Waals surface area contributed by atoms with Crippen molar-refractivity contribution in [1.82, 2.24) is 4.31 Å². The first kappa shape index (κ1) is 20.6. The summed E-state index contributed by atoms with van der Waals surface area (Å²) in [5, 5.41) is 0. The van der Waals surface area contributed by atoms with Crippen molar-refractivity contribution in [3.05, 3.63) is 89.5 Å². The van der Waals surface area contributed by atoms with Crippen molar-refractivity contribution in [2.24, 2.45) is 0 Å². The SMILES string of the molecule is Cc1cccc(S(=O)(=O)Nc2ccc3c(c2)CN(S(=O)(=O)c2ccccc2)CC3)c1. The highest BCUT2D eigenvalue weighted by Crippen LogP contribution is 2.28. The maximum atomic E-state index is 12.9. The fraction of sp³-hybridized carbons (Fsp3) is 0.182. The van der Waals surface area contributed by atoms with Crippen LogP contribution in [0.15, 0.2) is 82.6 Å². The molecule has 3 aromatic rings. The number of anilines is 1. The third-order valence-electron chi connectivity index (χ3n) is 5.12. The summed E-state index contributed by atoms with van der Waals surface area (Å²) in [5.74, 6) is 0. The summed E-state index contributed by atoms with van der Waals surface area (Å²) in [6.45, 7) is 2.42. The standard InChI is InChI=1S/C22H22N2O4S2/c1-17-6-5-9-22(14-17)29(25,26)23-20-11-10-18-12-13-24(16-19(18)15-20)30(27,28)21-7-3-2-4-8-21/h2-11,14-15,23H,12-13,16H2,1H3. The van der Waals surface area contributed by atoms with Crippen LogP contribution in [0.1, 0.15) is 16.7 Å². The van der Waals surface area contributed by atoms with Gasteiger partial charge in [-0.05, 0) is 66.4 Å². The Bertz CT molecular complexity index is 1290. The van der Waals surface area contributed by atoms with E-state index in [2.05, 4.69) is 4.72 Å². The molecule has 0 spiro atoms. The van der Waals surface area contributed by atoms with Crippen molar-refractivity contribution in [3.8, 4) is 0 Å². The molecule has 1 N–H and O–H groups in total. The molecule has 0 fully saturated rings. The number of sulfonamides is 2. The molecule has 3 aromatic carbocycles. The van der Waals surface area contributed by atoms with Gasteiger partial charge in [-0.25, -0.2) is 16.8 Å². The molecule has 0 amide bonds. The van der Waals surface area contributed by atoms with Crippen LogP contribution in [0.2, 0.25) is 0 Å². The van der Waals surface area contributed by atoms with Gasteiger partial charge in [0.15, 0.2) is 0 Å². The fourth-order valence-corrected chi connectivity index (χ4v) is 6.13. The molecule has 0 unspecified atom stereocenters. The van der Waals surface area contributed by atoms with Gasteiger partial charge in [-0.15, -0.1) is 0 Å². The molecule has 6 nitrogen and oxygen atoms in total. The molecule has 0 radical (unpaired) electrons. The second-order valence-corrected chi connectivity index (χ2v) is 10.9. The Morgan fingerprint density at radius 3 is 2.27 bits per heavy atom. The molecule has 156 valence electrons. The Balaban J connectivity index is 1.59. The quantitative estimate of drug-likeness (QED) is 0.655. The van der Waals surface area contributed by atoms with E-state index in [4.69, 9.17) is 0 Å². The lowest BCUT2D eigenvalue weighted by Crippen LogP contribution is -2.36. The minimum atomic E-state index is -3.73. The minimum Gasteiger partial charge on any atom is -0.280 e. The Kier molecular flexibility index (Phi) is 5.40. The molecule has 0 atom stereocenters. The van der Waals surface area contributed by atoms with Gasteiger partial charge in [0.25, 0.3) is 10.0 Å². The van der Waals surface area contributed by atoms with Gasteiger partial charge in [-0.2, -0.15) is 4.31 Å². The number of nitrogens with one attached hydrogen (secondary N) is 1. The van der Waals surface area contributed by atoms with E-state index < -0.39 is 20.0 Å². The minimum absolute atomic E-state index is 0.188. The van der Waals surface area contributed by atoms with E-state index in [-0.39, 0.29) is 16.3 Å². The van der Waals surface area contributed by atoms with Gasteiger partial charge < -0.3 is 0 Å². The van der Waals surface area contributed by atoms with Crippen LogP contribution in [0.4, 0.5) is 5.69 Å². The third kappa shape index (κ3) is 4.12. The molecule has 0 saturated carbocycles. The van der Waals surface area contributed by atoms with Gasteiger partial charge in [0.1, 0.15) is 0 Å². The molecule has 0 aliphatic carbocycles. The Hall–Kier alpha value is -2.68. The van der Waals surface area contributed by atoms with E-state index in [1.807, 2.05) is 19.1 Å². The van der Waals surface area contributed by atoms with Gasteiger partial charge in [-0.3, -0.25) is 4.72 Å². The lowest BCUT2D eigenvalue weighted by atomic mass is 10.0. The van der Waals surface area contributed by atoms with Gasteiger partial charge in [-0.1, -0.05) is 36.4 Å². The second-order valence-electron chi connectivity index (χ2n) is 7.31.